The summed E-state index contributed by atoms with van der Waals surface area (Å²) in [6, 6.07) is 0. The van der Waals surface area contributed by atoms with E-state index in [2.05, 4.69) is 4.98 Å². The standard InChI is InChI=1S/C11H13NO4/c1-2-16-11(14)7-5-12-9-3-4-15-6-8(9)10(7)13/h5H,2-4,6H2,1H3,(H,12,13). The van der Waals surface area contributed by atoms with E-state index in [0.717, 1.165) is 5.69 Å². The molecule has 0 amide bonds. The minimum Gasteiger partial charge on any atom is -0.507 e. The van der Waals surface area contributed by atoms with E-state index in [1.54, 1.807) is 6.92 Å². The first-order chi connectivity index (χ1) is 7.74. The molecule has 0 radical (unpaired) electrons. The molecule has 5 nitrogen and oxygen atoms in total. The highest BCUT2D eigenvalue weighted by Crippen LogP contribution is 2.28. The van der Waals surface area contributed by atoms with E-state index in [1.165, 1.54) is 6.20 Å². The molecular weight excluding hydrogens is 210 g/mol. The molecule has 86 valence electrons. The Hall–Kier alpha value is -1.62. The Morgan fingerprint density at radius 2 is 2.50 bits per heavy atom. The van der Waals surface area contributed by atoms with Crippen LogP contribution in [-0.4, -0.2) is 29.3 Å². The van der Waals surface area contributed by atoms with Gasteiger partial charge in [0.25, 0.3) is 0 Å². The molecule has 1 aliphatic rings. The summed E-state index contributed by atoms with van der Waals surface area (Å²) in [6.07, 6.45) is 2.02. The molecule has 0 aromatic carbocycles. The van der Waals surface area contributed by atoms with Crippen molar-refractivity contribution >= 4 is 5.97 Å². The zero-order chi connectivity index (χ0) is 11.5. The number of fused-ring (bicyclic) bond motifs is 1. The van der Waals surface area contributed by atoms with Crippen molar-refractivity contribution in [2.24, 2.45) is 0 Å². The summed E-state index contributed by atoms with van der Waals surface area (Å²) in [6.45, 7) is 2.87. The first kappa shape index (κ1) is 10.9. The molecular formula is C11H13NO4. The third-order valence-electron chi connectivity index (χ3n) is 2.46. The normalized spacial score (nSPS) is 14.3. The minimum absolute atomic E-state index is 0.0665. The van der Waals surface area contributed by atoms with Gasteiger partial charge in [0, 0.05) is 18.2 Å². The van der Waals surface area contributed by atoms with E-state index in [1.807, 2.05) is 0 Å². The van der Waals surface area contributed by atoms with E-state index in [-0.39, 0.29) is 17.9 Å². The second-order valence-corrected chi connectivity index (χ2v) is 3.47. The Labute approximate surface area is 93.0 Å². The fourth-order valence-electron chi connectivity index (χ4n) is 1.65. The third-order valence-corrected chi connectivity index (χ3v) is 2.46. The summed E-state index contributed by atoms with van der Waals surface area (Å²) in [5.74, 6) is -0.621. The number of carbonyl (C=O) groups excluding carboxylic acids is 1. The predicted octanol–water partition coefficient (Wildman–Crippen LogP) is 1.04. The molecule has 0 fully saturated rings. The van der Waals surface area contributed by atoms with Gasteiger partial charge in [0.2, 0.25) is 0 Å². The molecule has 0 bridgehead atoms. The number of aromatic hydroxyl groups is 1. The lowest BCUT2D eigenvalue weighted by molar-refractivity contribution is 0.0520. The average Bonchev–Trinajstić information content (AvgIpc) is 2.30. The summed E-state index contributed by atoms with van der Waals surface area (Å²) < 4.78 is 10.0. The van der Waals surface area contributed by atoms with Crippen molar-refractivity contribution in [3.8, 4) is 5.75 Å². The molecule has 0 saturated heterocycles. The fraction of sp³-hybridized carbons (Fsp3) is 0.455. The highest BCUT2D eigenvalue weighted by atomic mass is 16.5. The summed E-state index contributed by atoms with van der Waals surface area (Å²) in [5, 5.41) is 9.91. The zero-order valence-corrected chi connectivity index (χ0v) is 9.02. The van der Waals surface area contributed by atoms with Crippen LogP contribution >= 0.6 is 0 Å². The lowest BCUT2D eigenvalue weighted by atomic mass is 10.1. The van der Waals surface area contributed by atoms with Gasteiger partial charge < -0.3 is 14.6 Å². The van der Waals surface area contributed by atoms with Crippen molar-refractivity contribution in [1.82, 2.24) is 4.98 Å². The Balaban J connectivity index is 2.37. The molecule has 1 aromatic rings. The lowest BCUT2D eigenvalue weighted by Crippen LogP contribution is -2.15. The van der Waals surface area contributed by atoms with Crippen molar-refractivity contribution in [3.63, 3.8) is 0 Å². The maximum absolute atomic E-state index is 11.5. The maximum Gasteiger partial charge on any atom is 0.343 e. The van der Waals surface area contributed by atoms with E-state index in [4.69, 9.17) is 9.47 Å². The number of nitrogens with zero attached hydrogens (tertiary/aromatic N) is 1. The van der Waals surface area contributed by atoms with Gasteiger partial charge in [-0.2, -0.15) is 0 Å². The van der Waals surface area contributed by atoms with E-state index in [9.17, 15) is 9.90 Å². The molecule has 0 aliphatic carbocycles. The van der Waals surface area contributed by atoms with Gasteiger partial charge in [-0.25, -0.2) is 4.79 Å². The summed E-state index contributed by atoms with van der Waals surface area (Å²) >= 11 is 0. The van der Waals surface area contributed by atoms with Gasteiger partial charge in [-0.05, 0) is 6.92 Å². The monoisotopic (exact) mass is 223 g/mol. The Morgan fingerprint density at radius 3 is 3.25 bits per heavy atom. The smallest absolute Gasteiger partial charge is 0.343 e. The topological polar surface area (TPSA) is 68.7 Å². The van der Waals surface area contributed by atoms with Crippen molar-refractivity contribution < 1.29 is 19.4 Å². The van der Waals surface area contributed by atoms with Crippen molar-refractivity contribution in [2.45, 2.75) is 20.0 Å². The van der Waals surface area contributed by atoms with Gasteiger partial charge in [0.05, 0.1) is 25.5 Å². The molecule has 16 heavy (non-hydrogen) atoms. The molecule has 0 unspecified atom stereocenters. The molecule has 1 N–H and O–H groups in total. The molecule has 0 spiro atoms. The number of aromatic nitrogens is 1. The first-order valence-corrected chi connectivity index (χ1v) is 5.18. The highest BCUT2D eigenvalue weighted by Gasteiger charge is 2.21. The van der Waals surface area contributed by atoms with Crippen molar-refractivity contribution in [2.75, 3.05) is 13.2 Å². The van der Waals surface area contributed by atoms with Crippen LogP contribution < -0.4 is 0 Å². The number of esters is 1. The van der Waals surface area contributed by atoms with Crippen molar-refractivity contribution in [1.29, 1.82) is 0 Å². The summed E-state index contributed by atoms with van der Waals surface area (Å²) in [5.41, 5.74) is 1.49. The van der Waals surface area contributed by atoms with Crippen LogP contribution in [0.5, 0.6) is 5.75 Å². The van der Waals surface area contributed by atoms with E-state index in [0.29, 0.717) is 25.2 Å². The van der Waals surface area contributed by atoms with Gasteiger partial charge in [0.1, 0.15) is 11.3 Å². The number of pyridine rings is 1. The molecule has 5 heteroatoms. The first-order valence-electron chi connectivity index (χ1n) is 5.18. The minimum atomic E-state index is -0.555. The predicted molar refractivity (Wildman–Crippen MR) is 55.2 cm³/mol. The second kappa shape index (κ2) is 4.49. The molecule has 2 rings (SSSR count). The lowest BCUT2D eigenvalue weighted by Gasteiger charge is -2.17. The van der Waals surface area contributed by atoms with E-state index < -0.39 is 5.97 Å². The van der Waals surface area contributed by atoms with Crippen LogP contribution in [0.3, 0.4) is 0 Å². The highest BCUT2D eigenvalue weighted by molar-refractivity contribution is 5.92. The molecule has 1 aliphatic heterocycles. The number of hydrogen-bond acceptors (Lipinski definition) is 5. The number of rotatable bonds is 2. The van der Waals surface area contributed by atoms with Gasteiger partial charge in [0.15, 0.2) is 0 Å². The van der Waals surface area contributed by atoms with E-state index >= 15 is 0 Å². The van der Waals surface area contributed by atoms with Crippen LogP contribution in [-0.2, 0) is 22.5 Å². The Kier molecular flexibility index (Phi) is 3.05. The maximum atomic E-state index is 11.5. The molecule has 0 atom stereocenters. The van der Waals surface area contributed by atoms with Crippen LogP contribution in [0.2, 0.25) is 0 Å². The fourth-order valence-corrected chi connectivity index (χ4v) is 1.65. The number of hydrogen-bond donors (Lipinski definition) is 1. The number of ether oxygens (including phenoxy) is 2. The molecule has 0 saturated carbocycles. The van der Waals surface area contributed by atoms with Crippen LogP contribution in [0.25, 0.3) is 0 Å². The third kappa shape index (κ3) is 1.86. The SMILES string of the molecule is CCOC(=O)c1cnc2c(c1O)COCC2. The van der Waals surface area contributed by atoms with Gasteiger partial charge in [-0.1, -0.05) is 0 Å². The summed E-state index contributed by atoms with van der Waals surface area (Å²) in [7, 11) is 0. The summed E-state index contributed by atoms with van der Waals surface area (Å²) in [4.78, 5) is 15.6. The Morgan fingerprint density at radius 1 is 1.69 bits per heavy atom. The van der Waals surface area contributed by atoms with Crippen LogP contribution in [0.4, 0.5) is 0 Å². The Bertz CT molecular complexity index is 417. The molecule has 1 aromatic heterocycles. The van der Waals surface area contributed by atoms with Crippen LogP contribution in [0.1, 0.15) is 28.5 Å². The second-order valence-electron chi connectivity index (χ2n) is 3.47. The number of carbonyl (C=O) groups is 1. The van der Waals surface area contributed by atoms with Crippen molar-refractivity contribution in [3.05, 3.63) is 23.0 Å². The van der Waals surface area contributed by atoms with Gasteiger partial charge in [-0.15, -0.1) is 0 Å². The molecule has 2 heterocycles. The van der Waals surface area contributed by atoms with Crippen LogP contribution in [0, 0.1) is 0 Å². The average molecular weight is 223 g/mol. The zero-order valence-electron chi connectivity index (χ0n) is 9.02. The van der Waals surface area contributed by atoms with Gasteiger partial charge in [-0.3, -0.25) is 4.98 Å². The largest absolute Gasteiger partial charge is 0.507 e. The van der Waals surface area contributed by atoms with Gasteiger partial charge >= 0.3 is 5.97 Å². The quantitative estimate of drug-likeness (QED) is 0.758. The van der Waals surface area contributed by atoms with Crippen LogP contribution in [0.15, 0.2) is 6.20 Å².